The average Bonchev–Trinajstić information content (AvgIpc) is 2.91. The van der Waals surface area contributed by atoms with Crippen LogP contribution in [0.1, 0.15) is 53.0 Å². The van der Waals surface area contributed by atoms with Crippen LogP contribution in [0.2, 0.25) is 0 Å². The highest BCUT2D eigenvalue weighted by Gasteiger charge is 2.53. The number of ether oxygens (including phenoxy) is 6. The van der Waals surface area contributed by atoms with Crippen molar-refractivity contribution in [1.82, 2.24) is 0 Å². The molecule has 0 aromatic heterocycles. The van der Waals surface area contributed by atoms with Gasteiger partial charge in [-0.05, 0) is 23.6 Å². The Hall–Kier alpha value is -3.47. The highest BCUT2D eigenvalue weighted by Crippen LogP contribution is 2.30. The van der Waals surface area contributed by atoms with Gasteiger partial charge >= 0.3 is 23.9 Å². The van der Waals surface area contributed by atoms with E-state index in [9.17, 15) is 24.0 Å². The van der Waals surface area contributed by atoms with Gasteiger partial charge in [0.1, 0.15) is 12.7 Å². The van der Waals surface area contributed by atoms with Gasteiger partial charge < -0.3 is 28.4 Å². The Balaban J connectivity index is 2.57. The van der Waals surface area contributed by atoms with Crippen LogP contribution < -0.4 is 10.2 Å². The molecule has 0 radical (unpaired) electrons. The second-order valence-corrected chi connectivity index (χ2v) is 8.24. The summed E-state index contributed by atoms with van der Waals surface area (Å²) in [5.74, 6) is -2.98. The van der Waals surface area contributed by atoms with E-state index in [2.05, 4.69) is 0 Å². The third kappa shape index (κ3) is 8.06. The molecule has 11 nitrogen and oxygen atoms in total. The van der Waals surface area contributed by atoms with Crippen LogP contribution >= 0.6 is 0 Å². The lowest BCUT2D eigenvalue weighted by molar-refractivity contribution is -0.288. The Morgan fingerprint density at radius 3 is 1.97 bits per heavy atom. The lowest BCUT2D eigenvalue weighted by Gasteiger charge is -2.43. The molecule has 0 unspecified atom stereocenters. The molecule has 1 heterocycles. The zero-order valence-electron chi connectivity index (χ0n) is 20.5. The van der Waals surface area contributed by atoms with Crippen molar-refractivity contribution in [2.24, 2.45) is 0 Å². The Morgan fingerprint density at radius 1 is 0.857 bits per heavy atom. The molecular formula is C24H30O11. The van der Waals surface area contributed by atoms with E-state index in [0.717, 1.165) is 26.3 Å². The van der Waals surface area contributed by atoms with Crippen molar-refractivity contribution in [2.75, 3.05) is 6.61 Å². The molecule has 1 saturated heterocycles. The first-order valence-electron chi connectivity index (χ1n) is 11.0. The largest absolute Gasteiger partial charge is 0.463 e. The molecule has 0 N–H and O–H groups in total. The fourth-order valence-electron chi connectivity index (χ4n) is 3.46. The van der Waals surface area contributed by atoms with Crippen molar-refractivity contribution in [3.8, 4) is 5.75 Å². The summed E-state index contributed by atoms with van der Waals surface area (Å²) in [7, 11) is 0. The van der Waals surface area contributed by atoms with Crippen molar-refractivity contribution < 1.29 is 47.6 Å². The van der Waals surface area contributed by atoms with Gasteiger partial charge in [-0.1, -0.05) is 26.0 Å². The normalized spacial score (nSPS) is 23.7. The number of hydrogen-bond acceptors (Lipinski definition) is 11. The number of carbonyl (C=O) groups is 4. The smallest absolute Gasteiger partial charge is 0.303 e. The minimum absolute atomic E-state index is 0.0551. The molecule has 0 saturated carbocycles. The number of carbonyl (C=O) groups excluding carboxylic acids is 4. The van der Waals surface area contributed by atoms with E-state index in [1.54, 1.807) is 12.1 Å². The van der Waals surface area contributed by atoms with E-state index in [0.29, 0.717) is 0 Å². The summed E-state index contributed by atoms with van der Waals surface area (Å²) in [5, 5.41) is 0. The molecule has 1 fully saturated rings. The molecule has 192 valence electrons. The molecule has 1 aromatic rings. The first kappa shape index (κ1) is 27.8. The summed E-state index contributed by atoms with van der Waals surface area (Å²) in [6.07, 6.45) is -6.80. The van der Waals surface area contributed by atoms with Crippen LogP contribution in [0.15, 0.2) is 29.1 Å². The first-order chi connectivity index (χ1) is 16.4. The van der Waals surface area contributed by atoms with E-state index in [-0.39, 0.29) is 11.7 Å². The van der Waals surface area contributed by atoms with E-state index < -0.39 is 66.6 Å². The monoisotopic (exact) mass is 494 g/mol. The van der Waals surface area contributed by atoms with Crippen LogP contribution in [-0.2, 0) is 42.9 Å². The molecule has 2 rings (SSSR count). The molecule has 1 aromatic carbocycles. The van der Waals surface area contributed by atoms with E-state index >= 15 is 0 Å². The van der Waals surface area contributed by atoms with Crippen LogP contribution in [-0.4, -0.2) is 61.2 Å². The van der Waals surface area contributed by atoms with Crippen LogP contribution in [0.25, 0.3) is 0 Å². The van der Waals surface area contributed by atoms with Crippen molar-refractivity contribution in [2.45, 2.75) is 78.2 Å². The average molecular weight is 494 g/mol. The first-order valence-corrected chi connectivity index (χ1v) is 11.0. The van der Waals surface area contributed by atoms with Gasteiger partial charge in [0.25, 0.3) is 0 Å². The molecule has 0 aliphatic carbocycles. The van der Waals surface area contributed by atoms with Gasteiger partial charge in [-0.15, -0.1) is 0 Å². The fourth-order valence-corrected chi connectivity index (χ4v) is 3.46. The molecule has 1 aliphatic rings. The Kier molecular flexibility index (Phi) is 9.76. The molecule has 1 aliphatic heterocycles. The van der Waals surface area contributed by atoms with Gasteiger partial charge in [0.15, 0.2) is 18.0 Å². The second-order valence-electron chi connectivity index (χ2n) is 8.24. The predicted octanol–water partition coefficient (Wildman–Crippen LogP) is 1.63. The second kappa shape index (κ2) is 12.3. The topological polar surface area (TPSA) is 141 Å². The summed E-state index contributed by atoms with van der Waals surface area (Å²) in [6.45, 7) is 7.98. The van der Waals surface area contributed by atoms with Crippen LogP contribution in [0.5, 0.6) is 5.75 Å². The third-order valence-electron chi connectivity index (χ3n) is 4.93. The Morgan fingerprint density at radius 2 is 1.43 bits per heavy atom. The van der Waals surface area contributed by atoms with E-state index in [1.807, 2.05) is 13.8 Å². The zero-order valence-corrected chi connectivity index (χ0v) is 20.5. The number of rotatable bonds is 8. The Bertz CT molecular complexity index is 1000. The summed E-state index contributed by atoms with van der Waals surface area (Å²) in [4.78, 5) is 59.7. The quantitative estimate of drug-likeness (QED) is 0.384. The minimum atomic E-state index is -1.48. The molecule has 0 bridgehead atoms. The van der Waals surface area contributed by atoms with Crippen molar-refractivity contribution in [3.63, 3.8) is 0 Å². The maximum absolute atomic E-state index is 12.6. The summed E-state index contributed by atoms with van der Waals surface area (Å²) in [6, 6.07) is 6.16. The molecule has 0 amide bonds. The Labute approximate surface area is 202 Å². The standard InChI is InChI=1S/C24H30O11/c1-12(2)17-8-7-9-18(29)19(10-17)34-24-23(33-16(6)28)22(32-15(5)27)21(31-14(4)26)20(35-24)11-30-13(3)25/h7-10,12,20-24H,11H2,1-6H3/t20-,21-,22+,23-,24-/m0/s1. The maximum atomic E-state index is 12.6. The molecule has 5 atom stereocenters. The van der Waals surface area contributed by atoms with Crippen molar-refractivity contribution in [3.05, 3.63) is 40.1 Å². The molecular weight excluding hydrogens is 464 g/mol. The SMILES string of the molecule is CC(=O)OC[C@@H]1O[C@H](Oc2cc(C(C)C)cccc2=O)[C@@H](OC(C)=O)[C@H](OC(C)=O)[C@H]1OC(C)=O. The van der Waals surface area contributed by atoms with Crippen molar-refractivity contribution in [1.29, 1.82) is 0 Å². The van der Waals surface area contributed by atoms with Crippen LogP contribution in [0.3, 0.4) is 0 Å². The molecule has 11 heteroatoms. The van der Waals surface area contributed by atoms with Gasteiger partial charge in [-0.25, -0.2) is 0 Å². The van der Waals surface area contributed by atoms with Crippen LogP contribution in [0.4, 0.5) is 0 Å². The van der Waals surface area contributed by atoms with Crippen molar-refractivity contribution >= 4 is 23.9 Å². The summed E-state index contributed by atoms with van der Waals surface area (Å²) >= 11 is 0. The molecule has 35 heavy (non-hydrogen) atoms. The van der Waals surface area contributed by atoms with E-state index in [1.165, 1.54) is 19.1 Å². The van der Waals surface area contributed by atoms with Gasteiger partial charge in [0.05, 0.1) is 0 Å². The maximum Gasteiger partial charge on any atom is 0.303 e. The van der Waals surface area contributed by atoms with Gasteiger partial charge in [0, 0.05) is 27.7 Å². The lowest BCUT2D eigenvalue weighted by Crippen LogP contribution is -2.63. The highest BCUT2D eigenvalue weighted by atomic mass is 16.7. The fraction of sp³-hybridized carbons (Fsp3) is 0.542. The van der Waals surface area contributed by atoms with E-state index in [4.69, 9.17) is 28.4 Å². The predicted molar refractivity (Wildman–Crippen MR) is 119 cm³/mol. The van der Waals surface area contributed by atoms with Gasteiger partial charge in [0.2, 0.25) is 17.8 Å². The summed E-state index contributed by atoms with van der Waals surface area (Å²) < 4.78 is 32.8. The zero-order chi connectivity index (χ0) is 26.3. The minimum Gasteiger partial charge on any atom is -0.463 e. The number of hydrogen-bond donors (Lipinski definition) is 0. The molecule has 0 spiro atoms. The van der Waals surface area contributed by atoms with Crippen LogP contribution in [0, 0.1) is 0 Å². The number of esters is 4. The third-order valence-corrected chi connectivity index (χ3v) is 4.93. The van der Waals surface area contributed by atoms with Gasteiger partial charge in [-0.3, -0.25) is 24.0 Å². The summed E-state index contributed by atoms with van der Waals surface area (Å²) in [5.41, 5.74) is 0.303. The van der Waals surface area contributed by atoms with Gasteiger partial charge in [-0.2, -0.15) is 0 Å². The lowest BCUT2D eigenvalue weighted by atomic mass is 9.98. The highest BCUT2D eigenvalue weighted by molar-refractivity contribution is 5.68.